The van der Waals surface area contributed by atoms with Crippen LogP contribution in [0.4, 0.5) is 0 Å². The van der Waals surface area contributed by atoms with E-state index in [1.165, 1.54) is 16.7 Å². The van der Waals surface area contributed by atoms with Crippen molar-refractivity contribution < 1.29 is 9.47 Å². The zero-order valence-corrected chi connectivity index (χ0v) is 16.6. The highest BCUT2D eigenvalue weighted by Gasteiger charge is 2.45. The molecule has 0 radical (unpaired) electrons. The maximum absolute atomic E-state index is 5.88. The van der Waals surface area contributed by atoms with Crippen LogP contribution in [0.3, 0.4) is 0 Å². The Bertz CT molecular complexity index is 768. The van der Waals surface area contributed by atoms with E-state index in [1.807, 2.05) is 6.20 Å². The first-order valence-electron chi connectivity index (χ1n) is 9.98. The van der Waals surface area contributed by atoms with Crippen LogP contribution in [-0.2, 0) is 21.6 Å². The van der Waals surface area contributed by atoms with Gasteiger partial charge in [-0.2, -0.15) is 0 Å². The van der Waals surface area contributed by atoms with E-state index >= 15 is 0 Å². The molecule has 4 rings (SSSR count). The highest BCUT2D eigenvalue weighted by Crippen LogP contribution is 2.42. The normalized spacial score (nSPS) is 25.1. The SMILES string of the molecule is COC1(c2nccc(C)c2[C@@H]2CCN(Cc3ccccc3)C[C@H]2C)COC1. The summed E-state index contributed by atoms with van der Waals surface area (Å²) in [6, 6.07) is 12.9. The van der Waals surface area contributed by atoms with E-state index in [0.717, 1.165) is 31.7 Å². The van der Waals surface area contributed by atoms with Crippen LogP contribution in [0, 0.1) is 12.8 Å². The van der Waals surface area contributed by atoms with Gasteiger partial charge in [0.15, 0.2) is 5.60 Å². The highest BCUT2D eigenvalue weighted by atomic mass is 16.6. The summed E-state index contributed by atoms with van der Waals surface area (Å²) in [5.74, 6) is 1.10. The molecule has 27 heavy (non-hydrogen) atoms. The van der Waals surface area contributed by atoms with Crippen LogP contribution in [0.5, 0.6) is 0 Å². The number of aryl methyl sites for hydroxylation is 1. The zero-order valence-electron chi connectivity index (χ0n) is 16.6. The minimum absolute atomic E-state index is 0.359. The molecule has 0 bridgehead atoms. The lowest BCUT2D eigenvalue weighted by Gasteiger charge is -2.44. The molecule has 144 valence electrons. The molecular formula is C23H30N2O2. The van der Waals surface area contributed by atoms with Crippen molar-refractivity contribution in [2.24, 2.45) is 5.92 Å². The fourth-order valence-corrected chi connectivity index (χ4v) is 4.69. The zero-order chi connectivity index (χ0) is 18.9. The maximum Gasteiger partial charge on any atom is 0.156 e. The molecule has 0 N–H and O–H groups in total. The number of ether oxygens (including phenoxy) is 2. The second kappa shape index (κ2) is 7.70. The number of hydrogen-bond donors (Lipinski definition) is 0. The lowest BCUT2D eigenvalue weighted by molar-refractivity contribution is -0.205. The lowest BCUT2D eigenvalue weighted by atomic mass is 9.76. The Morgan fingerprint density at radius 3 is 2.63 bits per heavy atom. The van der Waals surface area contributed by atoms with Crippen LogP contribution in [0.2, 0.25) is 0 Å². The van der Waals surface area contributed by atoms with Gasteiger partial charge >= 0.3 is 0 Å². The monoisotopic (exact) mass is 366 g/mol. The number of rotatable bonds is 5. The third-order valence-electron chi connectivity index (χ3n) is 6.31. The van der Waals surface area contributed by atoms with Crippen molar-refractivity contribution in [2.75, 3.05) is 33.4 Å². The quantitative estimate of drug-likeness (QED) is 0.804. The Labute approximate surface area is 162 Å². The number of hydrogen-bond acceptors (Lipinski definition) is 4. The van der Waals surface area contributed by atoms with Gasteiger partial charge in [-0.15, -0.1) is 0 Å². The summed E-state index contributed by atoms with van der Waals surface area (Å²) in [5, 5.41) is 0. The fraction of sp³-hybridized carbons (Fsp3) is 0.522. The number of piperidine rings is 1. The number of methoxy groups -OCH3 is 1. The molecule has 0 aliphatic carbocycles. The van der Waals surface area contributed by atoms with Crippen LogP contribution >= 0.6 is 0 Å². The molecule has 2 aromatic rings. The van der Waals surface area contributed by atoms with E-state index in [9.17, 15) is 0 Å². The first-order valence-corrected chi connectivity index (χ1v) is 9.98. The van der Waals surface area contributed by atoms with Crippen molar-refractivity contribution in [3.8, 4) is 0 Å². The first-order chi connectivity index (χ1) is 13.1. The van der Waals surface area contributed by atoms with Gasteiger partial charge in [-0.1, -0.05) is 37.3 Å². The molecule has 4 nitrogen and oxygen atoms in total. The number of likely N-dealkylation sites (tertiary alicyclic amines) is 1. The molecule has 2 aliphatic rings. The van der Waals surface area contributed by atoms with Gasteiger partial charge in [0.1, 0.15) is 0 Å². The average molecular weight is 367 g/mol. The predicted octanol–water partition coefficient (Wildman–Crippen LogP) is 3.89. The highest BCUT2D eigenvalue weighted by molar-refractivity contribution is 5.38. The summed E-state index contributed by atoms with van der Waals surface area (Å²) in [7, 11) is 1.78. The van der Waals surface area contributed by atoms with Crippen molar-refractivity contribution in [1.29, 1.82) is 0 Å². The molecule has 1 aromatic carbocycles. The van der Waals surface area contributed by atoms with Crippen molar-refractivity contribution in [1.82, 2.24) is 9.88 Å². The van der Waals surface area contributed by atoms with Crippen LogP contribution in [0.1, 0.15) is 41.6 Å². The molecule has 2 aliphatic heterocycles. The molecule has 0 amide bonds. The number of benzene rings is 1. The van der Waals surface area contributed by atoms with Crippen LogP contribution in [0.25, 0.3) is 0 Å². The molecule has 2 saturated heterocycles. The number of aromatic nitrogens is 1. The summed E-state index contributed by atoms with van der Waals surface area (Å²) in [6.45, 7) is 9.08. The molecule has 0 unspecified atom stereocenters. The average Bonchev–Trinajstić information content (AvgIpc) is 2.63. The van der Waals surface area contributed by atoms with Gasteiger partial charge in [0, 0.05) is 26.4 Å². The molecule has 0 saturated carbocycles. The standard InChI is InChI=1S/C23H30N2O2/c1-17-9-11-24-22(23(26-3)15-27-16-23)21(17)20-10-12-25(13-18(20)2)14-19-7-5-4-6-8-19/h4-9,11,18,20H,10,12-16H2,1-3H3/t18-,20-/m1/s1. The molecule has 2 fully saturated rings. The van der Waals surface area contributed by atoms with Gasteiger partial charge in [-0.25, -0.2) is 0 Å². The van der Waals surface area contributed by atoms with Crippen LogP contribution < -0.4 is 0 Å². The largest absolute Gasteiger partial charge is 0.374 e. The number of nitrogens with zero attached hydrogens (tertiary/aromatic N) is 2. The van der Waals surface area contributed by atoms with E-state index < -0.39 is 0 Å². The molecular weight excluding hydrogens is 336 g/mol. The van der Waals surface area contributed by atoms with Crippen molar-refractivity contribution in [3.05, 3.63) is 65.0 Å². The Kier molecular flexibility index (Phi) is 5.31. The van der Waals surface area contributed by atoms with Gasteiger partial charge in [0.05, 0.1) is 18.9 Å². The number of pyridine rings is 1. The van der Waals surface area contributed by atoms with Gasteiger partial charge in [-0.3, -0.25) is 9.88 Å². The van der Waals surface area contributed by atoms with Crippen LogP contribution in [0.15, 0.2) is 42.6 Å². The van der Waals surface area contributed by atoms with Gasteiger partial charge in [-0.05, 0) is 54.5 Å². The Morgan fingerprint density at radius 1 is 1.22 bits per heavy atom. The lowest BCUT2D eigenvalue weighted by Crippen LogP contribution is -2.50. The van der Waals surface area contributed by atoms with Crippen molar-refractivity contribution in [2.45, 2.75) is 38.3 Å². The van der Waals surface area contributed by atoms with Gasteiger partial charge in [0.25, 0.3) is 0 Å². The summed E-state index contributed by atoms with van der Waals surface area (Å²) in [5.41, 5.74) is 4.87. The summed E-state index contributed by atoms with van der Waals surface area (Å²) in [6.07, 6.45) is 3.08. The summed E-state index contributed by atoms with van der Waals surface area (Å²) in [4.78, 5) is 7.37. The minimum Gasteiger partial charge on any atom is -0.374 e. The Balaban J connectivity index is 1.55. The van der Waals surface area contributed by atoms with Gasteiger partial charge in [0.2, 0.25) is 0 Å². The smallest absolute Gasteiger partial charge is 0.156 e. The van der Waals surface area contributed by atoms with E-state index in [0.29, 0.717) is 25.0 Å². The topological polar surface area (TPSA) is 34.6 Å². The molecule has 2 atom stereocenters. The fourth-order valence-electron chi connectivity index (χ4n) is 4.69. The van der Waals surface area contributed by atoms with Gasteiger partial charge < -0.3 is 9.47 Å². The molecule has 4 heteroatoms. The van der Waals surface area contributed by atoms with E-state index in [-0.39, 0.29) is 5.60 Å². The second-order valence-corrected chi connectivity index (χ2v) is 8.17. The van der Waals surface area contributed by atoms with Crippen molar-refractivity contribution in [3.63, 3.8) is 0 Å². The predicted molar refractivity (Wildman–Crippen MR) is 107 cm³/mol. The third-order valence-corrected chi connectivity index (χ3v) is 6.31. The van der Waals surface area contributed by atoms with E-state index in [4.69, 9.17) is 14.5 Å². The van der Waals surface area contributed by atoms with E-state index in [1.54, 1.807) is 7.11 Å². The summed E-state index contributed by atoms with van der Waals surface area (Å²) < 4.78 is 11.4. The molecule has 3 heterocycles. The van der Waals surface area contributed by atoms with E-state index in [2.05, 4.69) is 55.1 Å². The maximum atomic E-state index is 5.88. The third kappa shape index (κ3) is 3.54. The Hall–Kier alpha value is -1.75. The van der Waals surface area contributed by atoms with Crippen LogP contribution in [-0.4, -0.2) is 43.3 Å². The Morgan fingerprint density at radius 2 is 2.00 bits per heavy atom. The first kappa shape index (κ1) is 18.6. The molecule has 0 spiro atoms. The summed E-state index contributed by atoms with van der Waals surface area (Å²) >= 11 is 0. The molecule has 1 aromatic heterocycles. The minimum atomic E-state index is -0.359. The second-order valence-electron chi connectivity index (χ2n) is 8.17. The van der Waals surface area contributed by atoms with Crippen molar-refractivity contribution >= 4 is 0 Å².